The average Bonchev–Trinajstić information content (AvgIpc) is 3.25. The van der Waals surface area contributed by atoms with E-state index in [2.05, 4.69) is 31.1 Å². The molecule has 2 aromatic heterocycles. The Balaban J connectivity index is 1.51. The van der Waals surface area contributed by atoms with Crippen molar-refractivity contribution in [2.75, 3.05) is 13.6 Å². The molecular weight excluding hydrogens is 282 g/mol. The van der Waals surface area contributed by atoms with Crippen molar-refractivity contribution in [3.63, 3.8) is 0 Å². The molecule has 0 aliphatic heterocycles. The summed E-state index contributed by atoms with van der Waals surface area (Å²) in [6, 6.07) is 6.10. The third-order valence-electron chi connectivity index (χ3n) is 3.38. The summed E-state index contributed by atoms with van der Waals surface area (Å²) in [7, 11) is 1.66. The van der Waals surface area contributed by atoms with Gasteiger partial charge in [-0.15, -0.1) is 10.2 Å². The Morgan fingerprint density at radius 2 is 2.23 bits per heavy atom. The number of amides is 1. The molecular formula is C14H19N7O. The second-order valence-electron chi connectivity index (χ2n) is 5.17. The number of hydrogen-bond acceptors (Lipinski definition) is 4. The number of nitrogens with one attached hydrogen (secondary N) is 3. The van der Waals surface area contributed by atoms with E-state index in [9.17, 15) is 4.79 Å². The highest BCUT2D eigenvalue weighted by Gasteiger charge is 2.22. The van der Waals surface area contributed by atoms with Gasteiger partial charge in [-0.2, -0.15) is 0 Å². The van der Waals surface area contributed by atoms with Crippen molar-refractivity contribution in [2.24, 2.45) is 4.99 Å². The molecule has 0 atom stereocenters. The zero-order chi connectivity index (χ0) is 15.4. The van der Waals surface area contributed by atoms with Crippen LogP contribution in [-0.2, 0) is 11.3 Å². The van der Waals surface area contributed by atoms with Gasteiger partial charge in [-0.25, -0.2) is 0 Å². The lowest BCUT2D eigenvalue weighted by Gasteiger charge is -2.11. The summed E-state index contributed by atoms with van der Waals surface area (Å²) in [6.07, 6.45) is 4.07. The van der Waals surface area contributed by atoms with Crippen LogP contribution in [0.25, 0.3) is 5.65 Å². The molecule has 1 aliphatic rings. The van der Waals surface area contributed by atoms with Gasteiger partial charge in [0.05, 0.1) is 13.1 Å². The first kappa shape index (κ1) is 14.3. The fraction of sp³-hybridized carbons (Fsp3) is 0.429. The number of aliphatic imine (C=N–C) groups is 1. The van der Waals surface area contributed by atoms with Crippen molar-refractivity contribution >= 4 is 17.5 Å². The Kier molecular flexibility index (Phi) is 4.17. The van der Waals surface area contributed by atoms with Crippen molar-refractivity contribution in [2.45, 2.75) is 25.4 Å². The zero-order valence-electron chi connectivity index (χ0n) is 12.4. The molecule has 1 saturated carbocycles. The summed E-state index contributed by atoms with van der Waals surface area (Å²) in [5.41, 5.74) is 0.797. The maximum Gasteiger partial charge on any atom is 0.239 e. The fourth-order valence-corrected chi connectivity index (χ4v) is 2.07. The van der Waals surface area contributed by atoms with Crippen molar-refractivity contribution < 1.29 is 4.79 Å². The van der Waals surface area contributed by atoms with Crippen LogP contribution in [0, 0.1) is 0 Å². The van der Waals surface area contributed by atoms with Gasteiger partial charge < -0.3 is 16.0 Å². The maximum atomic E-state index is 11.6. The maximum absolute atomic E-state index is 11.6. The molecule has 1 aliphatic carbocycles. The molecule has 0 unspecified atom stereocenters. The lowest BCUT2D eigenvalue weighted by atomic mass is 10.4. The van der Waals surface area contributed by atoms with Crippen LogP contribution in [0.1, 0.15) is 18.7 Å². The van der Waals surface area contributed by atoms with Gasteiger partial charge in [0.2, 0.25) is 5.91 Å². The van der Waals surface area contributed by atoms with E-state index in [1.807, 2.05) is 28.8 Å². The van der Waals surface area contributed by atoms with E-state index in [1.165, 1.54) is 0 Å². The van der Waals surface area contributed by atoms with Gasteiger partial charge in [0, 0.05) is 19.3 Å². The molecule has 0 spiro atoms. The first-order valence-electron chi connectivity index (χ1n) is 7.29. The largest absolute Gasteiger partial charge is 0.352 e. The monoisotopic (exact) mass is 301 g/mol. The van der Waals surface area contributed by atoms with Crippen LogP contribution in [0.3, 0.4) is 0 Å². The molecule has 8 nitrogen and oxygen atoms in total. The smallest absolute Gasteiger partial charge is 0.239 e. The Bertz CT molecular complexity index is 689. The van der Waals surface area contributed by atoms with E-state index in [0.717, 1.165) is 24.3 Å². The Morgan fingerprint density at radius 3 is 3.00 bits per heavy atom. The Morgan fingerprint density at radius 1 is 1.36 bits per heavy atom. The third-order valence-corrected chi connectivity index (χ3v) is 3.38. The Hall–Kier alpha value is -2.64. The van der Waals surface area contributed by atoms with Gasteiger partial charge in [0.1, 0.15) is 0 Å². The molecule has 3 N–H and O–H groups in total. The summed E-state index contributed by atoms with van der Waals surface area (Å²) in [4.78, 5) is 15.7. The SMILES string of the molecule is CN=C(NCC(=O)NC1CC1)NCc1nnc2ccccn12. The van der Waals surface area contributed by atoms with Gasteiger partial charge in [0.25, 0.3) is 0 Å². The predicted molar refractivity (Wildman–Crippen MR) is 82.4 cm³/mol. The van der Waals surface area contributed by atoms with Gasteiger partial charge in [-0.3, -0.25) is 14.2 Å². The van der Waals surface area contributed by atoms with Crippen LogP contribution in [0.2, 0.25) is 0 Å². The number of carbonyl (C=O) groups excluding carboxylic acids is 1. The first-order valence-corrected chi connectivity index (χ1v) is 7.29. The van der Waals surface area contributed by atoms with Crippen molar-refractivity contribution in [1.29, 1.82) is 0 Å². The molecule has 3 rings (SSSR count). The zero-order valence-corrected chi connectivity index (χ0v) is 12.4. The van der Waals surface area contributed by atoms with Crippen molar-refractivity contribution in [3.8, 4) is 0 Å². The van der Waals surface area contributed by atoms with Crippen LogP contribution in [0.5, 0.6) is 0 Å². The van der Waals surface area contributed by atoms with Gasteiger partial charge in [-0.1, -0.05) is 6.07 Å². The van der Waals surface area contributed by atoms with Crippen LogP contribution in [0.15, 0.2) is 29.4 Å². The molecule has 2 aromatic rings. The second-order valence-corrected chi connectivity index (χ2v) is 5.17. The van der Waals surface area contributed by atoms with E-state index in [0.29, 0.717) is 18.5 Å². The number of hydrogen-bond donors (Lipinski definition) is 3. The number of guanidine groups is 1. The van der Waals surface area contributed by atoms with Crippen LogP contribution in [0.4, 0.5) is 0 Å². The van der Waals surface area contributed by atoms with Crippen LogP contribution < -0.4 is 16.0 Å². The summed E-state index contributed by atoms with van der Waals surface area (Å²) >= 11 is 0. The molecule has 0 bridgehead atoms. The highest BCUT2D eigenvalue weighted by Crippen LogP contribution is 2.18. The normalized spacial score (nSPS) is 14.9. The third kappa shape index (κ3) is 3.51. The minimum atomic E-state index is -0.0154. The predicted octanol–water partition coefficient (Wildman–Crippen LogP) is -0.327. The summed E-state index contributed by atoms with van der Waals surface area (Å²) < 4.78 is 1.90. The highest BCUT2D eigenvalue weighted by molar-refractivity contribution is 5.86. The molecule has 2 heterocycles. The quantitative estimate of drug-likeness (QED) is 0.519. The molecule has 8 heteroatoms. The van der Waals surface area contributed by atoms with Gasteiger partial charge in [0.15, 0.2) is 17.4 Å². The highest BCUT2D eigenvalue weighted by atomic mass is 16.2. The topological polar surface area (TPSA) is 95.7 Å². The number of nitrogens with zero attached hydrogens (tertiary/aromatic N) is 4. The number of pyridine rings is 1. The molecule has 0 radical (unpaired) electrons. The molecule has 1 fully saturated rings. The Labute approximate surface area is 128 Å². The van der Waals surface area contributed by atoms with E-state index < -0.39 is 0 Å². The van der Waals surface area contributed by atoms with Gasteiger partial charge in [-0.05, 0) is 25.0 Å². The van der Waals surface area contributed by atoms with Crippen LogP contribution >= 0.6 is 0 Å². The lowest BCUT2D eigenvalue weighted by molar-refractivity contribution is -0.120. The standard InChI is InChI=1S/C14H19N7O/c1-15-14(17-9-13(22)18-10-5-6-10)16-8-12-20-19-11-4-2-3-7-21(11)12/h2-4,7,10H,5-6,8-9H2,1H3,(H,18,22)(H2,15,16,17). The van der Waals surface area contributed by atoms with E-state index in [4.69, 9.17) is 0 Å². The summed E-state index contributed by atoms with van der Waals surface area (Å²) in [5, 5.41) is 17.2. The fourth-order valence-electron chi connectivity index (χ4n) is 2.07. The second kappa shape index (κ2) is 6.42. The molecule has 0 saturated heterocycles. The lowest BCUT2D eigenvalue weighted by Crippen LogP contribution is -2.43. The minimum absolute atomic E-state index is 0.0154. The van der Waals surface area contributed by atoms with E-state index in [1.54, 1.807) is 7.05 Å². The number of carbonyl (C=O) groups is 1. The van der Waals surface area contributed by atoms with E-state index in [-0.39, 0.29) is 12.5 Å². The molecule has 1 amide bonds. The van der Waals surface area contributed by atoms with E-state index >= 15 is 0 Å². The van der Waals surface area contributed by atoms with Crippen molar-refractivity contribution in [3.05, 3.63) is 30.2 Å². The van der Waals surface area contributed by atoms with Crippen LogP contribution in [-0.4, -0.2) is 46.1 Å². The molecule has 0 aromatic carbocycles. The first-order chi connectivity index (χ1) is 10.8. The molecule has 22 heavy (non-hydrogen) atoms. The summed E-state index contributed by atoms with van der Waals surface area (Å²) in [6.45, 7) is 0.672. The number of fused-ring (bicyclic) bond motifs is 1. The minimum Gasteiger partial charge on any atom is -0.352 e. The summed E-state index contributed by atoms with van der Waals surface area (Å²) in [5.74, 6) is 1.32. The van der Waals surface area contributed by atoms with Gasteiger partial charge >= 0.3 is 0 Å². The number of aromatic nitrogens is 3. The molecule has 116 valence electrons. The van der Waals surface area contributed by atoms with Crippen molar-refractivity contribution in [1.82, 2.24) is 30.5 Å². The average molecular weight is 301 g/mol. The number of rotatable bonds is 5.